The lowest BCUT2D eigenvalue weighted by atomic mass is 9.85. The van der Waals surface area contributed by atoms with Gasteiger partial charge in [0.1, 0.15) is 12.1 Å². The van der Waals surface area contributed by atoms with E-state index >= 15 is 0 Å². The van der Waals surface area contributed by atoms with Gasteiger partial charge in [-0.15, -0.1) is 0 Å². The molecular formula is C21H23F3N6O3S2. The Morgan fingerprint density at radius 3 is 2.71 bits per heavy atom. The molecule has 0 aliphatic carbocycles. The molecule has 4 heterocycles. The Kier molecular flexibility index (Phi) is 6.21. The van der Waals surface area contributed by atoms with Crippen molar-refractivity contribution in [1.82, 2.24) is 24.0 Å². The molecule has 1 unspecified atom stereocenters. The zero-order valence-corrected chi connectivity index (χ0v) is 20.3. The minimum atomic E-state index is -4.26. The quantitative estimate of drug-likeness (QED) is 0.536. The number of piperidine rings is 1. The topological polar surface area (TPSA) is 102 Å². The van der Waals surface area contributed by atoms with E-state index in [1.165, 1.54) is 18.5 Å². The normalized spacial score (nSPS) is 23.5. The predicted octanol–water partition coefficient (Wildman–Crippen LogP) is 3.91. The SMILES string of the molecule is Cn1nccc1[C@H]1C[C@@H](C(F)(F)F)CCN1C1CCOc2cc(S(=O)(=O)Nc3ncns3)ccc21. The molecule has 14 heteroatoms. The van der Waals surface area contributed by atoms with E-state index in [0.29, 0.717) is 24.5 Å². The molecule has 1 N–H and O–H groups in total. The van der Waals surface area contributed by atoms with E-state index in [1.54, 1.807) is 30.1 Å². The van der Waals surface area contributed by atoms with Crippen LogP contribution in [-0.2, 0) is 17.1 Å². The van der Waals surface area contributed by atoms with Gasteiger partial charge in [0, 0.05) is 55.4 Å². The van der Waals surface area contributed by atoms with Crippen LogP contribution >= 0.6 is 11.5 Å². The van der Waals surface area contributed by atoms with Gasteiger partial charge in [-0.1, -0.05) is 6.07 Å². The van der Waals surface area contributed by atoms with E-state index in [-0.39, 0.29) is 35.5 Å². The monoisotopic (exact) mass is 528 g/mol. The van der Waals surface area contributed by atoms with Crippen LogP contribution in [0.5, 0.6) is 5.75 Å². The van der Waals surface area contributed by atoms with Crippen LogP contribution in [0.2, 0.25) is 0 Å². The summed E-state index contributed by atoms with van der Waals surface area (Å²) >= 11 is 0.918. The maximum atomic E-state index is 13.6. The molecule has 0 radical (unpaired) electrons. The van der Waals surface area contributed by atoms with Gasteiger partial charge in [-0.05, 0) is 25.0 Å². The van der Waals surface area contributed by atoms with Gasteiger partial charge in [0.2, 0.25) is 5.13 Å². The van der Waals surface area contributed by atoms with Crippen molar-refractivity contribution in [2.24, 2.45) is 13.0 Å². The van der Waals surface area contributed by atoms with Crippen molar-refractivity contribution in [3.05, 3.63) is 48.0 Å². The van der Waals surface area contributed by atoms with Gasteiger partial charge in [-0.2, -0.15) is 22.6 Å². The van der Waals surface area contributed by atoms with Crippen LogP contribution in [0, 0.1) is 5.92 Å². The summed E-state index contributed by atoms with van der Waals surface area (Å²) in [6.45, 7) is 0.574. The number of rotatable bonds is 5. The standard InChI is InChI=1S/C21H23F3N6O3S2/c1-29-17(4-7-26-29)18-10-13(21(22,23)24)5-8-30(18)16-6-9-33-19-11-14(2-3-15(16)19)35(31,32)28-20-25-12-27-34-20/h2-4,7,11-13,16,18H,5-6,8-10H2,1H3,(H,25,27,28)/t13-,16?,18+/m0/s1. The van der Waals surface area contributed by atoms with E-state index in [2.05, 4.69) is 24.1 Å². The average molecular weight is 529 g/mol. The summed E-state index contributed by atoms with van der Waals surface area (Å²) in [5.74, 6) is -0.986. The van der Waals surface area contributed by atoms with E-state index < -0.39 is 28.2 Å². The maximum Gasteiger partial charge on any atom is 0.391 e. The van der Waals surface area contributed by atoms with Crippen LogP contribution < -0.4 is 9.46 Å². The average Bonchev–Trinajstić information content (AvgIpc) is 3.48. The Morgan fingerprint density at radius 1 is 1.20 bits per heavy atom. The number of aryl methyl sites for hydroxylation is 1. The van der Waals surface area contributed by atoms with E-state index in [9.17, 15) is 21.6 Å². The number of anilines is 1. The molecule has 35 heavy (non-hydrogen) atoms. The first-order valence-corrected chi connectivity index (χ1v) is 13.3. The lowest BCUT2D eigenvalue weighted by Gasteiger charge is -2.45. The van der Waals surface area contributed by atoms with Gasteiger partial charge < -0.3 is 4.74 Å². The fourth-order valence-corrected chi connectivity index (χ4v) is 6.59. The first-order valence-electron chi connectivity index (χ1n) is 11.0. The highest BCUT2D eigenvalue weighted by molar-refractivity contribution is 7.93. The number of halogens is 3. The van der Waals surface area contributed by atoms with Crippen LogP contribution in [0.25, 0.3) is 0 Å². The minimum Gasteiger partial charge on any atom is -0.493 e. The number of hydrogen-bond donors (Lipinski definition) is 1. The van der Waals surface area contributed by atoms with Crippen molar-refractivity contribution < 1.29 is 26.3 Å². The van der Waals surface area contributed by atoms with Crippen LogP contribution in [0.1, 0.15) is 42.6 Å². The third-order valence-corrected chi connectivity index (χ3v) is 8.64. The number of nitrogens with one attached hydrogen (secondary N) is 1. The third kappa shape index (κ3) is 4.74. The molecule has 1 fully saturated rings. The molecule has 3 aromatic rings. The number of likely N-dealkylation sites (tertiary alicyclic amines) is 1. The Bertz CT molecular complexity index is 1300. The molecule has 2 aliphatic heterocycles. The Balaban J connectivity index is 1.46. The number of aromatic nitrogens is 4. The third-order valence-electron chi connectivity index (χ3n) is 6.59. The zero-order chi connectivity index (χ0) is 24.8. The van der Waals surface area contributed by atoms with Crippen molar-refractivity contribution in [3.8, 4) is 5.75 Å². The number of fused-ring (bicyclic) bond motifs is 1. The first kappa shape index (κ1) is 24.0. The summed E-state index contributed by atoms with van der Waals surface area (Å²) in [5, 5.41) is 4.32. The predicted molar refractivity (Wildman–Crippen MR) is 121 cm³/mol. The molecule has 0 saturated carbocycles. The number of benzene rings is 1. The number of sulfonamides is 1. The minimum absolute atomic E-state index is 0.00275. The molecule has 5 rings (SSSR count). The lowest BCUT2D eigenvalue weighted by molar-refractivity contribution is -0.192. The highest BCUT2D eigenvalue weighted by atomic mass is 32.2. The summed E-state index contributed by atoms with van der Waals surface area (Å²) in [6.07, 6.45) is -0.905. The Morgan fingerprint density at radius 2 is 2.03 bits per heavy atom. The van der Waals surface area contributed by atoms with E-state index in [4.69, 9.17) is 4.74 Å². The molecule has 0 amide bonds. The van der Waals surface area contributed by atoms with Crippen molar-refractivity contribution in [2.45, 2.75) is 42.4 Å². The highest BCUT2D eigenvalue weighted by Gasteiger charge is 2.47. The van der Waals surface area contributed by atoms with E-state index in [1.807, 2.05) is 0 Å². The molecule has 3 atom stereocenters. The molecular weight excluding hydrogens is 505 g/mol. The first-order chi connectivity index (χ1) is 16.6. The van der Waals surface area contributed by atoms with Gasteiger partial charge in [0.05, 0.1) is 29.2 Å². The van der Waals surface area contributed by atoms with Crippen molar-refractivity contribution >= 4 is 26.7 Å². The Hall–Kier alpha value is -2.71. The second kappa shape index (κ2) is 9.06. The largest absolute Gasteiger partial charge is 0.493 e. The Labute approximate surface area is 204 Å². The summed E-state index contributed by atoms with van der Waals surface area (Å²) in [7, 11) is -2.18. The lowest BCUT2D eigenvalue weighted by Crippen LogP contribution is -2.44. The van der Waals surface area contributed by atoms with Crippen LogP contribution in [0.15, 0.2) is 41.7 Å². The molecule has 0 spiro atoms. The number of hydrogen-bond acceptors (Lipinski definition) is 8. The van der Waals surface area contributed by atoms with Crippen molar-refractivity contribution in [3.63, 3.8) is 0 Å². The second-order valence-electron chi connectivity index (χ2n) is 8.60. The zero-order valence-electron chi connectivity index (χ0n) is 18.6. The van der Waals surface area contributed by atoms with E-state index in [0.717, 1.165) is 17.1 Å². The van der Waals surface area contributed by atoms with Gasteiger partial charge in [-0.25, -0.2) is 13.4 Å². The molecule has 1 saturated heterocycles. The summed E-state index contributed by atoms with van der Waals surface area (Å²) < 4.78 is 80.0. The summed E-state index contributed by atoms with van der Waals surface area (Å²) in [4.78, 5) is 5.93. The highest BCUT2D eigenvalue weighted by Crippen LogP contribution is 2.48. The van der Waals surface area contributed by atoms with Crippen LogP contribution in [-0.4, -0.2) is 51.8 Å². The number of alkyl halides is 3. The molecule has 2 aromatic heterocycles. The fraction of sp³-hybridized carbons (Fsp3) is 0.476. The number of nitrogens with zero attached hydrogens (tertiary/aromatic N) is 5. The van der Waals surface area contributed by atoms with Gasteiger partial charge in [-0.3, -0.25) is 14.3 Å². The molecule has 188 valence electrons. The van der Waals surface area contributed by atoms with Crippen LogP contribution in [0.4, 0.5) is 18.3 Å². The summed E-state index contributed by atoms with van der Waals surface area (Å²) in [5.41, 5.74) is 1.47. The summed E-state index contributed by atoms with van der Waals surface area (Å²) in [6, 6.07) is 5.66. The second-order valence-corrected chi connectivity index (χ2v) is 11.1. The van der Waals surface area contributed by atoms with Crippen molar-refractivity contribution in [1.29, 1.82) is 0 Å². The smallest absolute Gasteiger partial charge is 0.391 e. The van der Waals surface area contributed by atoms with Crippen molar-refractivity contribution in [2.75, 3.05) is 17.9 Å². The molecule has 1 aromatic carbocycles. The van der Waals surface area contributed by atoms with Gasteiger partial charge >= 0.3 is 6.18 Å². The maximum absolute atomic E-state index is 13.6. The molecule has 2 aliphatic rings. The van der Waals surface area contributed by atoms with Crippen LogP contribution in [0.3, 0.4) is 0 Å². The van der Waals surface area contributed by atoms with Gasteiger partial charge in [0.15, 0.2) is 0 Å². The number of ether oxygens (including phenoxy) is 1. The molecule has 9 nitrogen and oxygen atoms in total. The molecule has 0 bridgehead atoms. The van der Waals surface area contributed by atoms with Gasteiger partial charge in [0.25, 0.3) is 10.0 Å². The fourth-order valence-electron chi connectivity index (χ4n) is 4.91.